The van der Waals surface area contributed by atoms with Gasteiger partial charge in [0.15, 0.2) is 0 Å². The Morgan fingerprint density at radius 2 is 2.29 bits per heavy atom. The molecule has 5 nitrogen and oxygen atoms in total. The number of likely N-dealkylation sites (tertiary alicyclic amines) is 1. The third kappa shape index (κ3) is 2.34. The van der Waals surface area contributed by atoms with Gasteiger partial charge in [0.2, 0.25) is 5.91 Å². The van der Waals surface area contributed by atoms with E-state index in [0.717, 1.165) is 24.4 Å². The van der Waals surface area contributed by atoms with Crippen LogP contribution >= 0.6 is 0 Å². The van der Waals surface area contributed by atoms with Crippen molar-refractivity contribution in [1.82, 2.24) is 14.7 Å². The summed E-state index contributed by atoms with van der Waals surface area (Å²) in [5.41, 5.74) is 7.78. The van der Waals surface area contributed by atoms with Gasteiger partial charge >= 0.3 is 0 Å². The first kappa shape index (κ1) is 12.1. The second kappa shape index (κ2) is 4.49. The summed E-state index contributed by atoms with van der Waals surface area (Å²) in [5.74, 6) is 0.115. The first-order chi connectivity index (χ1) is 7.99. The minimum absolute atomic E-state index is 0.115. The van der Waals surface area contributed by atoms with E-state index in [9.17, 15) is 4.79 Å². The molecule has 0 aliphatic carbocycles. The van der Waals surface area contributed by atoms with Crippen LogP contribution in [0.2, 0.25) is 0 Å². The highest BCUT2D eigenvalue weighted by Gasteiger charge is 2.28. The molecule has 2 rings (SSSR count). The van der Waals surface area contributed by atoms with E-state index in [2.05, 4.69) is 5.10 Å². The Kier molecular flexibility index (Phi) is 3.19. The molecule has 1 aliphatic rings. The average molecular weight is 236 g/mol. The highest BCUT2D eigenvalue weighted by molar-refractivity contribution is 5.80. The fraction of sp³-hybridized carbons (Fsp3) is 0.667. The summed E-state index contributed by atoms with van der Waals surface area (Å²) in [7, 11) is 0. The number of nitrogens with zero attached hydrogens (tertiary/aromatic N) is 3. The zero-order chi connectivity index (χ0) is 12.6. The first-order valence-corrected chi connectivity index (χ1v) is 6.06. The summed E-state index contributed by atoms with van der Waals surface area (Å²) in [6.07, 6.45) is 0.898. The molecule has 2 heterocycles. The van der Waals surface area contributed by atoms with Gasteiger partial charge in [0.25, 0.3) is 0 Å². The topological polar surface area (TPSA) is 64.2 Å². The number of hydrogen-bond donors (Lipinski definition) is 1. The van der Waals surface area contributed by atoms with Gasteiger partial charge in [-0.3, -0.25) is 9.48 Å². The zero-order valence-corrected chi connectivity index (χ0v) is 10.7. The van der Waals surface area contributed by atoms with E-state index >= 15 is 0 Å². The van der Waals surface area contributed by atoms with E-state index < -0.39 is 0 Å². The molecule has 5 heteroatoms. The van der Waals surface area contributed by atoms with E-state index in [1.807, 2.05) is 31.7 Å². The van der Waals surface area contributed by atoms with E-state index in [1.165, 1.54) is 0 Å². The molecule has 1 saturated heterocycles. The van der Waals surface area contributed by atoms with Gasteiger partial charge in [-0.15, -0.1) is 0 Å². The fourth-order valence-electron chi connectivity index (χ4n) is 2.39. The summed E-state index contributed by atoms with van der Waals surface area (Å²) in [5, 5.41) is 4.36. The van der Waals surface area contributed by atoms with Crippen LogP contribution < -0.4 is 5.73 Å². The van der Waals surface area contributed by atoms with Crippen LogP contribution in [0, 0.1) is 13.8 Å². The van der Waals surface area contributed by atoms with Crippen molar-refractivity contribution in [3.05, 3.63) is 17.5 Å². The molecule has 0 spiro atoms. The van der Waals surface area contributed by atoms with Crippen LogP contribution in [0.1, 0.15) is 30.8 Å². The highest BCUT2D eigenvalue weighted by atomic mass is 16.2. The van der Waals surface area contributed by atoms with E-state index in [1.54, 1.807) is 4.68 Å². The number of aryl methyl sites for hydroxylation is 2. The number of carbonyl (C=O) groups excluding carboxylic acids is 1. The first-order valence-electron chi connectivity index (χ1n) is 6.06. The molecule has 0 bridgehead atoms. The number of nitrogens with two attached hydrogens (primary N) is 1. The summed E-state index contributed by atoms with van der Waals surface area (Å²) in [4.78, 5) is 14.1. The predicted octanol–water partition coefficient (Wildman–Crippen LogP) is 0.621. The minimum Gasteiger partial charge on any atom is -0.339 e. The normalized spacial score (nSPS) is 21.9. The van der Waals surface area contributed by atoms with Gasteiger partial charge in [-0.05, 0) is 33.3 Å². The Bertz CT molecular complexity index is 426. The maximum absolute atomic E-state index is 12.3. The molecular weight excluding hydrogens is 216 g/mol. The summed E-state index contributed by atoms with van der Waals surface area (Å²) in [6, 6.07) is 1.88. The molecule has 0 aromatic carbocycles. The molecule has 0 saturated carbocycles. The molecule has 1 aromatic heterocycles. The van der Waals surface area contributed by atoms with E-state index in [4.69, 9.17) is 5.73 Å². The minimum atomic E-state index is -0.242. The van der Waals surface area contributed by atoms with Crippen LogP contribution in [-0.2, 0) is 4.79 Å². The molecule has 1 fully saturated rings. The third-order valence-corrected chi connectivity index (χ3v) is 3.31. The zero-order valence-electron chi connectivity index (χ0n) is 10.7. The lowest BCUT2D eigenvalue weighted by molar-refractivity contribution is -0.133. The van der Waals surface area contributed by atoms with Crippen molar-refractivity contribution in [3.63, 3.8) is 0 Å². The Labute approximate surface area is 102 Å². The van der Waals surface area contributed by atoms with Crippen LogP contribution in [0.4, 0.5) is 0 Å². The van der Waals surface area contributed by atoms with Gasteiger partial charge in [0.05, 0.1) is 5.69 Å². The van der Waals surface area contributed by atoms with Crippen molar-refractivity contribution < 1.29 is 4.79 Å². The van der Waals surface area contributed by atoms with E-state index in [0.29, 0.717) is 6.54 Å². The largest absolute Gasteiger partial charge is 0.339 e. The molecule has 1 aliphatic heterocycles. The Hall–Kier alpha value is -1.36. The van der Waals surface area contributed by atoms with Crippen LogP contribution in [0.5, 0.6) is 0 Å². The standard InChI is InChI=1S/C12H20N4O/c1-8-6-9(2)16(14-8)10(3)12(17)15-5-4-11(13)7-15/h6,10-11H,4-5,7,13H2,1-3H3. The van der Waals surface area contributed by atoms with Crippen molar-refractivity contribution in [2.75, 3.05) is 13.1 Å². The SMILES string of the molecule is Cc1cc(C)n(C(C)C(=O)N2CCC(N)C2)n1. The second-order valence-corrected chi connectivity index (χ2v) is 4.88. The molecule has 2 N–H and O–H groups in total. The van der Waals surface area contributed by atoms with Gasteiger partial charge in [-0.1, -0.05) is 0 Å². The number of hydrogen-bond acceptors (Lipinski definition) is 3. The van der Waals surface area contributed by atoms with Gasteiger partial charge < -0.3 is 10.6 Å². The fourth-order valence-corrected chi connectivity index (χ4v) is 2.39. The lowest BCUT2D eigenvalue weighted by atomic mass is 10.3. The van der Waals surface area contributed by atoms with Crippen LogP contribution in [-0.4, -0.2) is 39.7 Å². The Balaban J connectivity index is 2.12. The quantitative estimate of drug-likeness (QED) is 0.818. The number of rotatable bonds is 2. The molecule has 94 valence electrons. The van der Waals surface area contributed by atoms with Gasteiger partial charge in [0.1, 0.15) is 6.04 Å². The smallest absolute Gasteiger partial charge is 0.247 e. The lowest BCUT2D eigenvalue weighted by Gasteiger charge is -2.21. The van der Waals surface area contributed by atoms with Crippen molar-refractivity contribution in [2.45, 2.75) is 39.3 Å². The summed E-state index contributed by atoms with van der Waals surface area (Å²) in [6.45, 7) is 7.24. The monoisotopic (exact) mass is 236 g/mol. The van der Waals surface area contributed by atoms with Crippen molar-refractivity contribution in [1.29, 1.82) is 0 Å². The van der Waals surface area contributed by atoms with Crippen LogP contribution in [0.15, 0.2) is 6.07 Å². The maximum Gasteiger partial charge on any atom is 0.247 e. The van der Waals surface area contributed by atoms with Gasteiger partial charge in [-0.25, -0.2) is 0 Å². The number of amides is 1. The molecule has 1 amide bonds. The molecule has 2 atom stereocenters. The molecule has 0 radical (unpaired) electrons. The van der Waals surface area contributed by atoms with E-state index in [-0.39, 0.29) is 18.0 Å². The summed E-state index contributed by atoms with van der Waals surface area (Å²) < 4.78 is 1.79. The number of carbonyl (C=O) groups is 1. The Morgan fingerprint density at radius 3 is 2.76 bits per heavy atom. The van der Waals surface area contributed by atoms with Gasteiger partial charge in [0, 0.05) is 24.8 Å². The third-order valence-electron chi connectivity index (χ3n) is 3.31. The molecule has 2 unspecified atom stereocenters. The average Bonchev–Trinajstić information content (AvgIpc) is 2.83. The van der Waals surface area contributed by atoms with Crippen molar-refractivity contribution in [3.8, 4) is 0 Å². The Morgan fingerprint density at radius 1 is 1.59 bits per heavy atom. The second-order valence-electron chi connectivity index (χ2n) is 4.88. The molecular formula is C12H20N4O. The highest BCUT2D eigenvalue weighted by Crippen LogP contribution is 2.17. The van der Waals surface area contributed by atoms with Crippen LogP contribution in [0.3, 0.4) is 0 Å². The van der Waals surface area contributed by atoms with Gasteiger partial charge in [-0.2, -0.15) is 5.10 Å². The predicted molar refractivity (Wildman–Crippen MR) is 65.6 cm³/mol. The van der Waals surface area contributed by atoms with Crippen molar-refractivity contribution >= 4 is 5.91 Å². The van der Waals surface area contributed by atoms with Crippen molar-refractivity contribution in [2.24, 2.45) is 5.73 Å². The molecule has 1 aromatic rings. The lowest BCUT2D eigenvalue weighted by Crippen LogP contribution is -2.37. The summed E-state index contributed by atoms with van der Waals surface area (Å²) >= 11 is 0. The molecule has 17 heavy (non-hydrogen) atoms. The van der Waals surface area contributed by atoms with Crippen LogP contribution in [0.25, 0.3) is 0 Å². The maximum atomic E-state index is 12.3. The number of aromatic nitrogens is 2.